The molecule has 0 spiro atoms. The summed E-state index contributed by atoms with van der Waals surface area (Å²) < 4.78 is 1.66. The van der Waals surface area contributed by atoms with Gasteiger partial charge in [0, 0.05) is 24.3 Å². The molecule has 2 rings (SSSR count). The second-order valence-electron chi connectivity index (χ2n) is 2.98. The molecule has 2 heterocycles. The molecule has 0 atom stereocenters. The molecule has 0 saturated heterocycles. The molecule has 2 N–H and O–H groups in total. The SMILES string of the molecule is Cc1ccnc(-n2ccnc2C(N)=S)n1. The Morgan fingerprint density at radius 2 is 2.20 bits per heavy atom. The first kappa shape index (κ1) is 9.72. The van der Waals surface area contributed by atoms with E-state index in [0.29, 0.717) is 11.8 Å². The lowest BCUT2D eigenvalue weighted by Gasteiger charge is -2.04. The number of imidazole rings is 1. The number of rotatable bonds is 2. The molecule has 0 fully saturated rings. The quantitative estimate of drug-likeness (QED) is 0.749. The van der Waals surface area contributed by atoms with E-state index in [1.807, 2.05) is 13.0 Å². The van der Waals surface area contributed by atoms with Crippen molar-refractivity contribution < 1.29 is 0 Å². The zero-order valence-electron chi connectivity index (χ0n) is 8.08. The average molecular weight is 219 g/mol. The van der Waals surface area contributed by atoms with Gasteiger partial charge >= 0.3 is 0 Å². The molecule has 0 aromatic carbocycles. The lowest BCUT2D eigenvalue weighted by molar-refractivity contribution is 0.900. The monoisotopic (exact) mass is 219 g/mol. The van der Waals surface area contributed by atoms with Crippen LogP contribution in [0.15, 0.2) is 24.7 Å². The van der Waals surface area contributed by atoms with E-state index in [1.54, 1.807) is 23.2 Å². The third-order valence-corrected chi connectivity index (χ3v) is 2.04. The molecule has 76 valence electrons. The van der Waals surface area contributed by atoms with Gasteiger partial charge in [-0.2, -0.15) is 0 Å². The van der Waals surface area contributed by atoms with Crippen LogP contribution in [0.4, 0.5) is 0 Å². The molecule has 0 amide bonds. The molecule has 6 heteroatoms. The Labute approximate surface area is 92.0 Å². The van der Waals surface area contributed by atoms with E-state index in [4.69, 9.17) is 18.0 Å². The number of aryl methyl sites for hydroxylation is 1. The van der Waals surface area contributed by atoms with Crippen LogP contribution in [0.1, 0.15) is 11.5 Å². The molecule has 5 nitrogen and oxygen atoms in total. The molecule has 0 bridgehead atoms. The fraction of sp³-hybridized carbons (Fsp3) is 0.111. The number of hydrogen-bond donors (Lipinski definition) is 1. The van der Waals surface area contributed by atoms with Gasteiger partial charge in [0.2, 0.25) is 5.95 Å². The highest BCUT2D eigenvalue weighted by molar-refractivity contribution is 7.80. The largest absolute Gasteiger partial charge is 0.387 e. The van der Waals surface area contributed by atoms with E-state index >= 15 is 0 Å². The molecule has 0 aliphatic heterocycles. The van der Waals surface area contributed by atoms with E-state index in [-0.39, 0.29) is 4.99 Å². The topological polar surface area (TPSA) is 69.6 Å². The average Bonchev–Trinajstić information content (AvgIpc) is 2.65. The maximum atomic E-state index is 5.53. The van der Waals surface area contributed by atoms with Crippen molar-refractivity contribution in [3.8, 4) is 5.95 Å². The first-order chi connectivity index (χ1) is 7.18. The summed E-state index contributed by atoms with van der Waals surface area (Å²) in [5.74, 6) is 1.02. The summed E-state index contributed by atoms with van der Waals surface area (Å²) in [6.07, 6.45) is 5.02. The Hall–Kier alpha value is -1.82. The minimum Gasteiger partial charge on any atom is -0.387 e. The van der Waals surface area contributed by atoms with Gasteiger partial charge in [0.25, 0.3) is 0 Å². The number of hydrogen-bond acceptors (Lipinski definition) is 4. The van der Waals surface area contributed by atoms with Crippen molar-refractivity contribution in [2.24, 2.45) is 5.73 Å². The molecule has 0 radical (unpaired) electrons. The minimum atomic E-state index is 0.227. The van der Waals surface area contributed by atoms with Gasteiger partial charge in [-0.3, -0.25) is 4.57 Å². The Morgan fingerprint density at radius 1 is 1.40 bits per heavy atom. The summed E-state index contributed by atoms with van der Waals surface area (Å²) in [6, 6.07) is 1.82. The van der Waals surface area contributed by atoms with Crippen LogP contribution in [0.2, 0.25) is 0 Å². The normalized spacial score (nSPS) is 10.2. The maximum absolute atomic E-state index is 5.53. The highest BCUT2D eigenvalue weighted by Gasteiger charge is 2.08. The van der Waals surface area contributed by atoms with Crippen LogP contribution in [-0.2, 0) is 0 Å². The fourth-order valence-corrected chi connectivity index (χ4v) is 1.35. The smallest absolute Gasteiger partial charge is 0.235 e. The van der Waals surface area contributed by atoms with Gasteiger partial charge in [0.05, 0.1) is 0 Å². The number of aromatic nitrogens is 4. The standard InChI is InChI=1S/C9H9N5S/c1-6-2-3-12-9(13-6)14-5-4-11-8(14)7(10)15/h2-5H,1H3,(H2,10,15). The van der Waals surface area contributed by atoms with Crippen molar-refractivity contribution in [1.29, 1.82) is 0 Å². The number of nitrogens with two attached hydrogens (primary N) is 1. The van der Waals surface area contributed by atoms with E-state index < -0.39 is 0 Å². The van der Waals surface area contributed by atoms with E-state index in [1.165, 1.54) is 0 Å². The van der Waals surface area contributed by atoms with Crippen LogP contribution < -0.4 is 5.73 Å². The van der Waals surface area contributed by atoms with E-state index in [2.05, 4.69) is 15.0 Å². The van der Waals surface area contributed by atoms with Crippen LogP contribution in [0, 0.1) is 6.92 Å². The zero-order valence-corrected chi connectivity index (χ0v) is 8.90. The van der Waals surface area contributed by atoms with Crippen molar-refractivity contribution in [3.63, 3.8) is 0 Å². The molecule has 0 unspecified atom stereocenters. The predicted octanol–water partition coefficient (Wildman–Crippen LogP) is 0.605. The van der Waals surface area contributed by atoms with E-state index in [0.717, 1.165) is 5.69 Å². The molecule has 15 heavy (non-hydrogen) atoms. The number of nitrogens with zero attached hydrogens (tertiary/aromatic N) is 4. The van der Waals surface area contributed by atoms with Gasteiger partial charge < -0.3 is 5.73 Å². The summed E-state index contributed by atoms with van der Waals surface area (Å²) >= 11 is 4.87. The molecule has 2 aromatic rings. The zero-order chi connectivity index (χ0) is 10.8. The van der Waals surface area contributed by atoms with Crippen LogP contribution in [0.25, 0.3) is 5.95 Å². The van der Waals surface area contributed by atoms with Gasteiger partial charge in [0.1, 0.15) is 4.99 Å². The van der Waals surface area contributed by atoms with Crippen LogP contribution >= 0.6 is 12.2 Å². The lowest BCUT2D eigenvalue weighted by Crippen LogP contribution is -2.17. The minimum absolute atomic E-state index is 0.227. The van der Waals surface area contributed by atoms with Crippen molar-refractivity contribution in [2.75, 3.05) is 0 Å². The van der Waals surface area contributed by atoms with Gasteiger partial charge in [-0.05, 0) is 13.0 Å². The summed E-state index contributed by atoms with van der Waals surface area (Å²) in [7, 11) is 0. The molecule has 0 saturated carbocycles. The third-order valence-electron chi connectivity index (χ3n) is 1.86. The molecule has 0 aliphatic carbocycles. The van der Waals surface area contributed by atoms with Crippen molar-refractivity contribution in [3.05, 3.63) is 36.2 Å². The second-order valence-corrected chi connectivity index (χ2v) is 3.42. The fourth-order valence-electron chi connectivity index (χ4n) is 1.20. The first-order valence-electron chi connectivity index (χ1n) is 4.31. The van der Waals surface area contributed by atoms with Crippen LogP contribution in [0.5, 0.6) is 0 Å². The summed E-state index contributed by atoms with van der Waals surface area (Å²) in [5, 5.41) is 0. The van der Waals surface area contributed by atoms with Crippen LogP contribution in [0.3, 0.4) is 0 Å². The number of thiocarbonyl (C=S) groups is 1. The molecular weight excluding hydrogens is 210 g/mol. The molecule has 0 aliphatic rings. The third kappa shape index (κ3) is 1.84. The molecule has 2 aromatic heterocycles. The van der Waals surface area contributed by atoms with Gasteiger partial charge in [-0.1, -0.05) is 12.2 Å². The summed E-state index contributed by atoms with van der Waals surface area (Å²) in [4.78, 5) is 12.6. The summed E-state index contributed by atoms with van der Waals surface area (Å²) in [6.45, 7) is 1.89. The Bertz CT molecular complexity index is 505. The van der Waals surface area contributed by atoms with Crippen molar-refractivity contribution in [2.45, 2.75) is 6.92 Å². The van der Waals surface area contributed by atoms with Gasteiger partial charge in [-0.25, -0.2) is 15.0 Å². The van der Waals surface area contributed by atoms with Crippen LogP contribution in [-0.4, -0.2) is 24.5 Å². The van der Waals surface area contributed by atoms with Gasteiger partial charge in [-0.15, -0.1) is 0 Å². The highest BCUT2D eigenvalue weighted by atomic mass is 32.1. The highest BCUT2D eigenvalue weighted by Crippen LogP contribution is 2.05. The predicted molar refractivity (Wildman–Crippen MR) is 59.8 cm³/mol. The first-order valence-corrected chi connectivity index (χ1v) is 4.72. The van der Waals surface area contributed by atoms with E-state index in [9.17, 15) is 0 Å². The lowest BCUT2D eigenvalue weighted by atomic mass is 10.4. The Morgan fingerprint density at radius 3 is 2.87 bits per heavy atom. The van der Waals surface area contributed by atoms with Crippen molar-refractivity contribution in [1.82, 2.24) is 19.5 Å². The van der Waals surface area contributed by atoms with Crippen molar-refractivity contribution >= 4 is 17.2 Å². The molecular formula is C9H9N5S. The Kier molecular flexibility index (Phi) is 2.42. The Balaban J connectivity index is 2.54. The summed E-state index contributed by atoms with van der Waals surface area (Å²) in [5.41, 5.74) is 6.40. The second kappa shape index (κ2) is 3.74. The maximum Gasteiger partial charge on any atom is 0.235 e. The van der Waals surface area contributed by atoms with Gasteiger partial charge in [0.15, 0.2) is 5.82 Å².